The van der Waals surface area contributed by atoms with Gasteiger partial charge in [0.1, 0.15) is 6.20 Å². The number of nitrogens with zero attached hydrogens (tertiary/aromatic N) is 2. The molecule has 6 nitrogen and oxygen atoms in total. The van der Waals surface area contributed by atoms with E-state index in [-0.39, 0.29) is 10.1 Å². The molecule has 0 aromatic carbocycles. The molecule has 1 rings (SSSR count). The van der Waals surface area contributed by atoms with E-state index in [1.54, 1.807) is 0 Å². The van der Waals surface area contributed by atoms with E-state index in [0.717, 1.165) is 17.5 Å². The zero-order valence-corrected chi connectivity index (χ0v) is 8.89. The monoisotopic (exact) mass is 275 g/mol. The molecule has 0 fully saturated rings. The Labute approximate surface area is 90.6 Å². The van der Waals surface area contributed by atoms with E-state index in [9.17, 15) is 14.9 Å². The summed E-state index contributed by atoms with van der Waals surface area (Å²) >= 11 is 3.51. The number of aromatic nitrogens is 1. The van der Waals surface area contributed by atoms with Crippen LogP contribution in [0.4, 0.5) is 10.1 Å². The fourth-order valence-electron chi connectivity index (χ4n) is 0.579. The summed E-state index contributed by atoms with van der Waals surface area (Å²) in [6.45, 7) is 0. The lowest BCUT2D eigenvalue weighted by Gasteiger charge is -1.90. The van der Waals surface area contributed by atoms with Crippen LogP contribution in [0, 0.1) is 20.9 Å². The lowest BCUT2D eigenvalue weighted by atomic mass is 10.6. The second kappa shape index (κ2) is 4.69. The lowest BCUT2D eigenvalue weighted by molar-refractivity contribution is -0.380. The molecule has 0 aliphatic heterocycles. The van der Waals surface area contributed by atoms with Crippen LogP contribution in [-0.4, -0.2) is 15.8 Å². The summed E-state index contributed by atoms with van der Waals surface area (Å²) in [4.78, 5) is 26.4. The number of hydrogen-bond donors (Lipinski definition) is 1. The number of carbonyl (C=O) groups is 1. The molecule has 1 N–H and O–H groups in total. The van der Waals surface area contributed by atoms with E-state index in [1.807, 2.05) is 0 Å². The first kappa shape index (κ1) is 10.6. The first-order valence-electron chi connectivity index (χ1n) is 3.16. The first-order chi connectivity index (χ1) is 6.63. The Balaban J connectivity index is 2.72. The SMILES string of the molecule is O=C(C#CBr)Nc1ncc([N+](=O)[O-])s1. The Morgan fingerprint density at radius 3 is 3.00 bits per heavy atom. The lowest BCUT2D eigenvalue weighted by Crippen LogP contribution is -2.07. The number of anilines is 1. The summed E-state index contributed by atoms with van der Waals surface area (Å²) in [5.41, 5.74) is 0. The standard InChI is InChI=1S/C6H2BrN3O3S/c7-2-1-4(11)9-6-8-3-5(14-6)10(12)13/h3H,(H,8,9,11). The highest BCUT2D eigenvalue weighted by atomic mass is 79.9. The molecule has 0 saturated carbocycles. The van der Waals surface area contributed by atoms with Crippen molar-refractivity contribution in [1.82, 2.24) is 4.98 Å². The normalized spacial score (nSPS) is 8.64. The quantitative estimate of drug-likeness (QED) is 0.502. The third-order valence-electron chi connectivity index (χ3n) is 1.05. The van der Waals surface area contributed by atoms with Gasteiger partial charge < -0.3 is 0 Å². The molecule has 0 radical (unpaired) electrons. The third kappa shape index (κ3) is 2.79. The van der Waals surface area contributed by atoms with Crippen molar-refractivity contribution >= 4 is 43.3 Å². The summed E-state index contributed by atoms with van der Waals surface area (Å²) in [6.07, 6.45) is 1.07. The van der Waals surface area contributed by atoms with Crippen molar-refractivity contribution in [1.29, 1.82) is 0 Å². The zero-order valence-electron chi connectivity index (χ0n) is 6.48. The Hall–Kier alpha value is -1.46. The van der Waals surface area contributed by atoms with E-state index in [2.05, 4.69) is 37.0 Å². The summed E-state index contributed by atoms with van der Waals surface area (Å²) in [5.74, 6) is 1.57. The molecule has 0 aliphatic carbocycles. The fraction of sp³-hybridized carbons (Fsp3) is 0. The molecule has 0 saturated heterocycles. The predicted molar refractivity (Wildman–Crippen MR) is 54.1 cm³/mol. The number of nitrogens with one attached hydrogen (secondary N) is 1. The zero-order chi connectivity index (χ0) is 10.6. The van der Waals surface area contributed by atoms with Crippen molar-refractivity contribution in [2.45, 2.75) is 0 Å². The maximum Gasteiger partial charge on any atom is 0.345 e. The number of rotatable bonds is 2. The molecule has 1 heterocycles. The predicted octanol–water partition coefficient (Wildman–Crippen LogP) is 1.35. The van der Waals surface area contributed by atoms with Crippen LogP contribution >= 0.6 is 27.3 Å². The number of thiazole rings is 1. The maximum atomic E-state index is 10.9. The summed E-state index contributed by atoms with van der Waals surface area (Å²) in [5, 5.41) is 12.5. The summed E-state index contributed by atoms with van der Waals surface area (Å²) in [7, 11) is 0. The van der Waals surface area contributed by atoms with Gasteiger partial charge in [-0.2, -0.15) is 0 Å². The van der Waals surface area contributed by atoms with Crippen LogP contribution in [0.1, 0.15) is 0 Å². The number of nitro groups is 1. The molecular weight excluding hydrogens is 274 g/mol. The minimum absolute atomic E-state index is 0.132. The third-order valence-corrected chi connectivity index (χ3v) is 2.12. The van der Waals surface area contributed by atoms with Gasteiger partial charge in [-0.3, -0.25) is 20.2 Å². The van der Waals surface area contributed by atoms with Crippen LogP contribution in [0.15, 0.2) is 6.20 Å². The van der Waals surface area contributed by atoms with Crippen molar-refractivity contribution in [2.24, 2.45) is 0 Å². The molecule has 14 heavy (non-hydrogen) atoms. The van der Waals surface area contributed by atoms with Gasteiger partial charge in [0.25, 0.3) is 0 Å². The average molecular weight is 276 g/mol. The van der Waals surface area contributed by atoms with Gasteiger partial charge in [0, 0.05) is 21.9 Å². The van der Waals surface area contributed by atoms with Crippen molar-refractivity contribution < 1.29 is 9.72 Å². The van der Waals surface area contributed by atoms with Gasteiger partial charge in [0.15, 0.2) is 5.13 Å². The fourth-order valence-corrected chi connectivity index (χ4v) is 1.39. The first-order valence-corrected chi connectivity index (χ1v) is 4.77. The maximum absolute atomic E-state index is 10.9. The van der Waals surface area contributed by atoms with E-state index < -0.39 is 10.8 Å². The van der Waals surface area contributed by atoms with E-state index >= 15 is 0 Å². The number of carbonyl (C=O) groups excluding carboxylic acids is 1. The van der Waals surface area contributed by atoms with Crippen molar-refractivity contribution in [3.8, 4) is 10.8 Å². The van der Waals surface area contributed by atoms with Crippen molar-refractivity contribution in [3.05, 3.63) is 16.3 Å². The molecule has 0 atom stereocenters. The second-order valence-corrected chi connectivity index (χ2v) is 3.34. The largest absolute Gasteiger partial charge is 0.345 e. The molecule has 8 heteroatoms. The van der Waals surface area contributed by atoms with Gasteiger partial charge in [-0.1, -0.05) is 0 Å². The minimum atomic E-state index is -0.580. The van der Waals surface area contributed by atoms with Crippen molar-refractivity contribution in [2.75, 3.05) is 5.32 Å². The highest BCUT2D eigenvalue weighted by Gasteiger charge is 2.12. The van der Waals surface area contributed by atoms with E-state index in [0.29, 0.717) is 0 Å². The molecule has 0 unspecified atom stereocenters. The van der Waals surface area contributed by atoms with Gasteiger partial charge in [0.05, 0.1) is 4.92 Å². The van der Waals surface area contributed by atoms with Crippen LogP contribution in [0.5, 0.6) is 0 Å². The second-order valence-electron chi connectivity index (χ2n) is 1.93. The number of amides is 1. The van der Waals surface area contributed by atoms with Gasteiger partial charge >= 0.3 is 10.9 Å². The summed E-state index contributed by atoms with van der Waals surface area (Å²) in [6, 6.07) is 0. The Kier molecular flexibility index (Phi) is 3.55. The van der Waals surface area contributed by atoms with Gasteiger partial charge in [-0.25, -0.2) is 4.98 Å². The van der Waals surface area contributed by atoms with Crippen LogP contribution in [0.25, 0.3) is 0 Å². The van der Waals surface area contributed by atoms with Gasteiger partial charge in [0.2, 0.25) is 0 Å². The molecule has 0 aliphatic rings. The van der Waals surface area contributed by atoms with Crippen LogP contribution in [0.2, 0.25) is 0 Å². The number of hydrogen-bond acceptors (Lipinski definition) is 5. The minimum Gasteiger partial charge on any atom is -0.291 e. The van der Waals surface area contributed by atoms with Crippen LogP contribution in [-0.2, 0) is 4.79 Å². The summed E-state index contributed by atoms with van der Waals surface area (Å²) < 4.78 is 0. The molecule has 0 bridgehead atoms. The van der Waals surface area contributed by atoms with Gasteiger partial charge in [-0.05, 0) is 16.2 Å². The van der Waals surface area contributed by atoms with Crippen LogP contribution in [0.3, 0.4) is 0 Å². The molecule has 0 spiro atoms. The van der Waals surface area contributed by atoms with Crippen molar-refractivity contribution in [3.63, 3.8) is 0 Å². The molecule has 72 valence electrons. The van der Waals surface area contributed by atoms with Gasteiger partial charge in [-0.15, -0.1) is 0 Å². The Morgan fingerprint density at radius 2 is 2.50 bits per heavy atom. The van der Waals surface area contributed by atoms with E-state index in [4.69, 9.17) is 0 Å². The molecule has 1 aromatic rings. The van der Waals surface area contributed by atoms with Crippen LogP contribution < -0.4 is 5.32 Å². The average Bonchev–Trinajstić information content (AvgIpc) is 2.53. The highest BCUT2D eigenvalue weighted by molar-refractivity contribution is 9.12. The smallest absolute Gasteiger partial charge is 0.291 e. The Morgan fingerprint density at radius 1 is 1.79 bits per heavy atom. The molecular formula is C6H2BrN3O3S. The molecule has 1 aromatic heterocycles. The highest BCUT2D eigenvalue weighted by Crippen LogP contribution is 2.24. The number of halogens is 1. The Bertz CT molecular complexity index is 433. The topological polar surface area (TPSA) is 85.1 Å². The molecule has 1 amide bonds. The van der Waals surface area contributed by atoms with E-state index in [1.165, 1.54) is 0 Å².